The molecule has 1 unspecified atom stereocenters. The van der Waals surface area contributed by atoms with Gasteiger partial charge >= 0.3 is 11.8 Å². The molecule has 4 N–H and O–H groups in total. The Hall–Kier alpha value is -2.15. The van der Waals surface area contributed by atoms with Gasteiger partial charge in [0.1, 0.15) is 5.82 Å². The van der Waals surface area contributed by atoms with Crippen LogP contribution in [-0.4, -0.2) is 45.5 Å². The van der Waals surface area contributed by atoms with Gasteiger partial charge in [-0.15, -0.1) is 0 Å². The van der Waals surface area contributed by atoms with Crippen molar-refractivity contribution in [2.24, 2.45) is 11.8 Å². The van der Waals surface area contributed by atoms with Crippen LogP contribution in [0, 0.1) is 18.8 Å². The summed E-state index contributed by atoms with van der Waals surface area (Å²) in [5.41, 5.74) is 6.93. The fourth-order valence-electron chi connectivity index (χ4n) is 4.35. The highest BCUT2D eigenvalue weighted by molar-refractivity contribution is 6.39. The van der Waals surface area contributed by atoms with Crippen LogP contribution in [0.1, 0.15) is 51.0 Å². The second-order valence-corrected chi connectivity index (χ2v) is 8.16. The van der Waals surface area contributed by atoms with E-state index in [1.165, 1.54) is 6.20 Å². The lowest BCUT2D eigenvalue weighted by Gasteiger charge is -2.44. The van der Waals surface area contributed by atoms with Crippen molar-refractivity contribution in [2.75, 3.05) is 17.6 Å². The molecule has 0 radical (unpaired) electrons. The zero-order valence-electron chi connectivity index (χ0n) is 16.1. The maximum Gasteiger partial charge on any atom is 0.313 e. The minimum atomic E-state index is -0.629. The van der Waals surface area contributed by atoms with E-state index in [1.807, 2.05) is 0 Å². The summed E-state index contributed by atoms with van der Waals surface area (Å²) < 4.78 is 0. The number of pyridine rings is 1. The maximum atomic E-state index is 12.9. The van der Waals surface area contributed by atoms with Crippen molar-refractivity contribution in [3.05, 3.63) is 17.8 Å². The van der Waals surface area contributed by atoms with E-state index in [1.54, 1.807) is 17.9 Å². The van der Waals surface area contributed by atoms with Gasteiger partial charge in [-0.25, -0.2) is 4.98 Å². The molecule has 2 fully saturated rings. The molecule has 2 atom stereocenters. The molecule has 3 rings (SSSR count). The highest BCUT2D eigenvalue weighted by atomic mass is 16.3. The molecule has 1 aliphatic heterocycles. The van der Waals surface area contributed by atoms with Crippen LogP contribution < -0.4 is 11.1 Å². The first kappa shape index (κ1) is 19.6. The summed E-state index contributed by atoms with van der Waals surface area (Å²) in [6.45, 7) is 4.53. The monoisotopic (exact) mass is 374 g/mol. The molecule has 0 spiro atoms. The predicted octanol–water partition coefficient (Wildman–Crippen LogP) is 2.09. The number of nitrogens with one attached hydrogen (secondary N) is 1. The first-order valence-electron chi connectivity index (χ1n) is 9.87. The lowest BCUT2D eigenvalue weighted by molar-refractivity contribution is -0.148. The quantitative estimate of drug-likeness (QED) is 0.687. The number of nitrogens with zero attached hydrogens (tertiary/aromatic N) is 2. The van der Waals surface area contributed by atoms with Gasteiger partial charge in [-0.2, -0.15) is 0 Å². The second kappa shape index (κ2) is 8.25. The summed E-state index contributed by atoms with van der Waals surface area (Å²) >= 11 is 0. The number of aliphatic hydroxyl groups is 1. The van der Waals surface area contributed by atoms with Crippen molar-refractivity contribution in [3.63, 3.8) is 0 Å². The number of rotatable bonds is 2. The molecule has 1 saturated carbocycles. The van der Waals surface area contributed by atoms with Crippen molar-refractivity contribution >= 4 is 23.3 Å². The Balaban J connectivity index is 1.70. The van der Waals surface area contributed by atoms with E-state index in [9.17, 15) is 14.7 Å². The average Bonchev–Trinajstić information content (AvgIpc) is 2.65. The Morgan fingerprint density at radius 3 is 2.59 bits per heavy atom. The summed E-state index contributed by atoms with van der Waals surface area (Å²) in [4.78, 5) is 31.3. The van der Waals surface area contributed by atoms with E-state index >= 15 is 0 Å². The number of piperidine rings is 1. The molecule has 7 heteroatoms. The number of aryl methyl sites for hydroxylation is 1. The van der Waals surface area contributed by atoms with Crippen LogP contribution in [0.2, 0.25) is 0 Å². The standard InChI is InChI=1S/C20H30N4O3/c1-12-3-8-17(14-4-6-16(25)7-5-14)24(11-12)20(27)19(26)23-15-9-13(2)18(21)22-10-15/h9-10,12,14,16-17,25H,3-8,11H2,1-2H3,(H2,21,22)(H,23,26)/t12-,14-,16+,17?/m1/s1. The fraction of sp³-hybridized carbons (Fsp3) is 0.650. The van der Waals surface area contributed by atoms with Gasteiger partial charge < -0.3 is 21.1 Å². The molecule has 7 nitrogen and oxygen atoms in total. The number of carbonyl (C=O) groups excluding carboxylic acids is 2. The Morgan fingerprint density at radius 2 is 1.93 bits per heavy atom. The molecule has 1 aromatic heterocycles. The third-order valence-corrected chi connectivity index (χ3v) is 5.98. The van der Waals surface area contributed by atoms with Crippen LogP contribution in [0.4, 0.5) is 11.5 Å². The van der Waals surface area contributed by atoms with Gasteiger partial charge in [-0.1, -0.05) is 6.92 Å². The topological polar surface area (TPSA) is 109 Å². The van der Waals surface area contributed by atoms with Crippen molar-refractivity contribution in [1.82, 2.24) is 9.88 Å². The summed E-state index contributed by atoms with van der Waals surface area (Å²) in [5, 5.41) is 12.4. The van der Waals surface area contributed by atoms with Crippen LogP contribution in [0.15, 0.2) is 12.3 Å². The first-order chi connectivity index (χ1) is 12.8. The largest absolute Gasteiger partial charge is 0.393 e. The second-order valence-electron chi connectivity index (χ2n) is 8.16. The molecular weight excluding hydrogens is 344 g/mol. The zero-order chi connectivity index (χ0) is 19.6. The van der Waals surface area contributed by atoms with Gasteiger partial charge in [-0.05, 0) is 68.9 Å². The van der Waals surface area contributed by atoms with E-state index in [-0.39, 0.29) is 12.1 Å². The summed E-state index contributed by atoms with van der Waals surface area (Å²) in [7, 11) is 0. The third kappa shape index (κ3) is 4.58. The van der Waals surface area contributed by atoms with Crippen molar-refractivity contribution in [1.29, 1.82) is 0 Å². The number of aromatic nitrogens is 1. The highest BCUT2D eigenvalue weighted by Gasteiger charge is 2.38. The van der Waals surface area contributed by atoms with E-state index in [2.05, 4.69) is 17.2 Å². The van der Waals surface area contributed by atoms with Crippen molar-refractivity contribution in [3.8, 4) is 0 Å². The summed E-state index contributed by atoms with van der Waals surface area (Å²) in [6.07, 6.45) is 6.60. The van der Waals surface area contributed by atoms with Gasteiger partial charge in [0.25, 0.3) is 0 Å². The number of amides is 2. The number of nitrogen functional groups attached to an aromatic ring is 1. The summed E-state index contributed by atoms with van der Waals surface area (Å²) in [6, 6.07) is 1.80. The number of nitrogens with two attached hydrogens (primary N) is 1. The van der Waals surface area contributed by atoms with Crippen LogP contribution in [0.25, 0.3) is 0 Å². The van der Waals surface area contributed by atoms with E-state index in [0.29, 0.717) is 29.9 Å². The van der Waals surface area contributed by atoms with Gasteiger partial charge in [-0.3, -0.25) is 9.59 Å². The molecule has 2 heterocycles. The van der Waals surface area contributed by atoms with E-state index < -0.39 is 11.8 Å². The first-order valence-corrected chi connectivity index (χ1v) is 9.87. The molecule has 0 bridgehead atoms. The highest BCUT2D eigenvalue weighted by Crippen LogP contribution is 2.35. The molecule has 1 saturated heterocycles. The predicted molar refractivity (Wildman–Crippen MR) is 104 cm³/mol. The van der Waals surface area contributed by atoms with Crippen LogP contribution in [0.5, 0.6) is 0 Å². The Kier molecular flexibility index (Phi) is 5.99. The minimum absolute atomic E-state index is 0.0817. The molecule has 27 heavy (non-hydrogen) atoms. The number of carbonyl (C=O) groups is 2. The van der Waals surface area contributed by atoms with Gasteiger partial charge in [0, 0.05) is 12.6 Å². The minimum Gasteiger partial charge on any atom is -0.393 e. The average molecular weight is 374 g/mol. The van der Waals surface area contributed by atoms with Gasteiger partial charge in [0.15, 0.2) is 0 Å². The Labute approximate surface area is 160 Å². The Morgan fingerprint density at radius 1 is 1.22 bits per heavy atom. The van der Waals surface area contributed by atoms with Gasteiger partial charge in [0.2, 0.25) is 0 Å². The molecule has 1 aromatic rings. The van der Waals surface area contributed by atoms with Crippen molar-refractivity contribution in [2.45, 2.75) is 64.5 Å². The molecular formula is C20H30N4O3. The smallest absolute Gasteiger partial charge is 0.313 e. The number of aliphatic hydroxyl groups excluding tert-OH is 1. The van der Waals surface area contributed by atoms with E-state index in [0.717, 1.165) is 44.1 Å². The van der Waals surface area contributed by atoms with Crippen molar-refractivity contribution < 1.29 is 14.7 Å². The molecule has 2 amide bonds. The SMILES string of the molecule is Cc1cc(NC(=O)C(=O)N2C[C@H](C)CCC2[C@H]2CC[C@@H](O)CC2)cnc1N. The third-order valence-electron chi connectivity index (χ3n) is 5.98. The van der Waals surface area contributed by atoms with Crippen LogP contribution >= 0.6 is 0 Å². The number of anilines is 2. The molecule has 148 valence electrons. The maximum absolute atomic E-state index is 12.9. The number of likely N-dealkylation sites (tertiary alicyclic amines) is 1. The molecule has 1 aliphatic carbocycles. The Bertz CT molecular complexity index is 700. The molecule has 2 aliphatic rings. The lowest BCUT2D eigenvalue weighted by Crippen LogP contribution is -2.53. The normalized spacial score (nSPS) is 28.6. The van der Waals surface area contributed by atoms with Gasteiger partial charge in [0.05, 0.1) is 18.0 Å². The van der Waals surface area contributed by atoms with Crippen LogP contribution in [-0.2, 0) is 9.59 Å². The summed E-state index contributed by atoms with van der Waals surface area (Å²) in [5.74, 6) is 0.0393. The fourth-order valence-corrected chi connectivity index (χ4v) is 4.35. The van der Waals surface area contributed by atoms with E-state index in [4.69, 9.17) is 5.73 Å². The van der Waals surface area contributed by atoms with Crippen LogP contribution in [0.3, 0.4) is 0 Å². The number of hydrogen-bond donors (Lipinski definition) is 3. The zero-order valence-corrected chi connectivity index (χ0v) is 16.1. The number of hydrogen-bond acceptors (Lipinski definition) is 5. The molecule has 0 aromatic carbocycles. The lowest BCUT2D eigenvalue weighted by atomic mass is 9.77.